The van der Waals surface area contributed by atoms with Crippen molar-refractivity contribution in [2.24, 2.45) is 0 Å². The summed E-state index contributed by atoms with van der Waals surface area (Å²) < 4.78 is 26.6. The van der Waals surface area contributed by atoms with E-state index in [0.29, 0.717) is 18.8 Å². The Bertz CT molecular complexity index is 635. The molecule has 8 nitrogen and oxygen atoms in total. The van der Waals surface area contributed by atoms with Crippen LogP contribution >= 0.6 is 0 Å². The Morgan fingerprint density at radius 2 is 2.24 bits per heavy atom. The van der Waals surface area contributed by atoms with E-state index in [4.69, 9.17) is 4.84 Å². The first-order chi connectivity index (χ1) is 9.97. The van der Waals surface area contributed by atoms with E-state index in [1.807, 2.05) is 0 Å². The number of hydrogen-bond donors (Lipinski definition) is 0. The summed E-state index contributed by atoms with van der Waals surface area (Å²) in [7, 11) is -3.36. The smallest absolute Gasteiger partial charge is 0.270 e. The summed E-state index contributed by atoms with van der Waals surface area (Å²) in [6.07, 6.45) is 6.14. The summed E-state index contributed by atoms with van der Waals surface area (Å²) >= 11 is 0. The van der Waals surface area contributed by atoms with Gasteiger partial charge in [-0.2, -0.15) is 4.31 Å². The number of imidazole rings is 1. The summed E-state index contributed by atoms with van der Waals surface area (Å²) in [5, 5.41) is 1.35. The number of hydrogen-bond acceptors (Lipinski definition) is 5. The lowest BCUT2D eigenvalue weighted by Crippen LogP contribution is -2.48. The molecular weight excluding hydrogens is 296 g/mol. The number of carbonyl (C=O) groups is 1. The van der Waals surface area contributed by atoms with Crippen LogP contribution in [0.2, 0.25) is 0 Å². The third kappa shape index (κ3) is 2.81. The minimum absolute atomic E-state index is 0.112. The fourth-order valence-corrected chi connectivity index (χ4v) is 3.43. The largest absolute Gasteiger partial charge is 0.319 e. The van der Waals surface area contributed by atoms with Crippen molar-refractivity contribution in [1.82, 2.24) is 18.9 Å². The molecule has 1 saturated heterocycles. The number of hydroxylamine groups is 2. The molecule has 1 fully saturated rings. The quantitative estimate of drug-likeness (QED) is 0.752. The van der Waals surface area contributed by atoms with E-state index in [-0.39, 0.29) is 19.0 Å². The first-order valence-corrected chi connectivity index (χ1v) is 8.72. The maximum Gasteiger partial charge on any atom is 0.270 e. The van der Waals surface area contributed by atoms with Crippen molar-refractivity contribution in [2.45, 2.75) is 25.4 Å². The summed E-state index contributed by atoms with van der Waals surface area (Å²) in [5.41, 5.74) is 0.710. The number of rotatable bonds is 2. The zero-order valence-corrected chi connectivity index (χ0v) is 12.6. The van der Waals surface area contributed by atoms with Crippen molar-refractivity contribution in [2.75, 3.05) is 26.0 Å². The minimum atomic E-state index is -3.36. The predicted octanol–water partition coefficient (Wildman–Crippen LogP) is -0.247. The highest BCUT2D eigenvalue weighted by molar-refractivity contribution is 7.88. The van der Waals surface area contributed by atoms with E-state index in [9.17, 15) is 13.2 Å². The van der Waals surface area contributed by atoms with E-state index in [2.05, 4.69) is 4.98 Å². The predicted molar refractivity (Wildman–Crippen MR) is 73.4 cm³/mol. The molecule has 0 aliphatic carbocycles. The fraction of sp³-hybridized carbons (Fsp3) is 0.667. The fourth-order valence-electron chi connectivity index (χ4n) is 2.65. The zero-order valence-electron chi connectivity index (χ0n) is 11.8. The summed E-state index contributed by atoms with van der Waals surface area (Å²) in [6, 6.07) is -0.621. The molecule has 1 aromatic rings. The Labute approximate surface area is 123 Å². The van der Waals surface area contributed by atoms with Gasteiger partial charge in [-0.05, 0) is 12.8 Å². The lowest BCUT2D eigenvalue weighted by Gasteiger charge is -2.35. The zero-order chi connectivity index (χ0) is 15.0. The van der Waals surface area contributed by atoms with Crippen molar-refractivity contribution in [3.63, 3.8) is 0 Å². The second kappa shape index (κ2) is 5.39. The van der Waals surface area contributed by atoms with Crippen LogP contribution in [0.25, 0.3) is 0 Å². The maximum absolute atomic E-state index is 12.6. The first-order valence-electron chi connectivity index (χ1n) is 6.87. The minimum Gasteiger partial charge on any atom is -0.319 e. The van der Waals surface area contributed by atoms with E-state index in [1.54, 1.807) is 17.1 Å². The van der Waals surface area contributed by atoms with E-state index < -0.39 is 16.1 Å². The van der Waals surface area contributed by atoms with Crippen LogP contribution in [-0.4, -0.2) is 59.2 Å². The highest BCUT2D eigenvalue weighted by Gasteiger charge is 2.36. The van der Waals surface area contributed by atoms with Crippen molar-refractivity contribution in [3.05, 3.63) is 18.2 Å². The SMILES string of the molecule is CS(=O)(=O)N1Cc2cncn2[C@H](C(=O)N2CCCCO2)C1. The summed E-state index contributed by atoms with van der Waals surface area (Å²) in [6.45, 7) is 1.41. The van der Waals surface area contributed by atoms with Crippen LogP contribution in [0.5, 0.6) is 0 Å². The lowest BCUT2D eigenvalue weighted by molar-refractivity contribution is -0.201. The molecule has 0 N–H and O–H groups in total. The lowest BCUT2D eigenvalue weighted by atomic mass is 10.2. The highest BCUT2D eigenvalue weighted by Crippen LogP contribution is 2.25. The summed E-state index contributed by atoms with van der Waals surface area (Å²) in [4.78, 5) is 22.0. The summed E-state index contributed by atoms with van der Waals surface area (Å²) in [5.74, 6) is -0.220. The number of amides is 1. The second-order valence-electron chi connectivity index (χ2n) is 5.34. The standard InChI is InChI=1S/C12H18N4O4S/c1-21(18,19)14-7-10-6-13-9-15(10)11(8-14)12(17)16-4-2-3-5-20-16/h6,9,11H,2-5,7-8H2,1H3/t11-/m0/s1. The molecule has 2 aliphatic heterocycles. The third-order valence-corrected chi connectivity index (χ3v) is 5.02. The van der Waals surface area contributed by atoms with Gasteiger partial charge >= 0.3 is 0 Å². The molecule has 0 radical (unpaired) electrons. The molecule has 0 spiro atoms. The van der Waals surface area contributed by atoms with E-state index in [1.165, 1.54) is 9.37 Å². The van der Waals surface area contributed by atoms with Crippen LogP contribution in [0.4, 0.5) is 0 Å². The van der Waals surface area contributed by atoms with Crippen LogP contribution < -0.4 is 0 Å². The number of aromatic nitrogens is 2. The highest BCUT2D eigenvalue weighted by atomic mass is 32.2. The van der Waals surface area contributed by atoms with E-state index >= 15 is 0 Å². The molecule has 2 aliphatic rings. The van der Waals surface area contributed by atoms with E-state index in [0.717, 1.165) is 19.1 Å². The Morgan fingerprint density at radius 1 is 1.43 bits per heavy atom. The van der Waals surface area contributed by atoms with Crippen LogP contribution in [0.3, 0.4) is 0 Å². The molecule has 1 aromatic heterocycles. The van der Waals surface area contributed by atoms with Gasteiger partial charge in [0.15, 0.2) is 0 Å². The molecule has 0 saturated carbocycles. The van der Waals surface area contributed by atoms with Gasteiger partial charge in [0, 0.05) is 19.3 Å². The van der Waals surface area contributed by atoms with Crippen LogP contribution in [0.15, 0.2) is 12.5 Å². The molecule has 1 atom stereocenters. The second-order valence-corrected chi connectivity index (χ2v) is 7.33. The average Bonchev–Trinajstić information content (AvgIpc) is 2.94. The Kier molecular flexibility index (Phi) is 3.72. The monoisotopic (exact) mass is 314 g/mol. The molecule has 21 heavy (non-hydrogen) atoms. The van der Waals surface area contributed by atoms with Crippen LogP contribution in [-0.2, 0) is 26.2 Å². The van der Waals surface area contributed by atoms with Crippen molar-refractivity contribution in [3.8, 4) is 0 Å². The van der Waals surface area contributed by atoms with Gasteiger partial charge in [0.2, 0.25) is 10.0 Å². The normalized spacial score (nSPS) is 23.9. The van der Waals surface area contributed by atoms with Gasteiger partial charge in [0.05, 0.1) is 31.4 Å². The van der Waals surface area contributed by atoms with Gasteiger partial charge < -0.3 is 4.57 Å². The molecule has 1 amide bonds. The van der Waals surface area contributed by atoms with Gasteiger partial charge in [0.1, 0.15) is 6.04 Å². The number of carbonyl (C=O) groups excluding carboxylic acids is 1. The average molecular weight is 314 g/mol. The number of fused-ring (bicyclic) bond motifs is 1. The molecular formula is C12H18N4O4S. The molecule has 3 heterocycles. The maximum atomic E-state index is 12.6. The molecule has 3 rings (SSSR count). The molecule has 0 bridgehead atoms. The molecule has 0 aromatic carbocycles. The number of sulfonamides is 1. The van der Waals surface area contributed by atoms with Gasteiger partial charge in [-0.3, -0.25) is 9.63 Å². The Hall–Kier alpha value is -1.45. The number of nitrogens with zero attached hydrogens (tertiary/aromatic N) is 4. The van der Waals surface area contributed by atoms with Gasteiger partial charge in [0.25, 0.3) is 5.91 Å². The van der Waals surface area contributed by atoms with Crippen molar-refractivity contribution >= 4 is 15.9 Å². The molecule has 116 valence electrons. The molecule has 9 heteroatoms. The van der Waals surface area contributed by atoms with Gasteiger partial charge in [-0.1, -0.05) is 0 Å². The Balaban J connectivity index is 1.88. The van der Waals surface area contributed by atoms with Crippen molar-refractivity contribution < 1.29 is 18.0 Å². The topological polar surface area (TPSA) is 84.7 Å². The Morgan fingerprint density at radius 3 is 2.90 bits per heavy atom. The van der Waals surface area contributed by atoms with Crippen LogP contribution in [0.1, 0.15) is 24.6 Å². The van der Waals surface area contributed by atoms with Crippen molar-refractivity contribution in [1.29, 1.82) is 0 Å². The van der Waals surface area contributed by atoms with Gasteiger partial charge in [-0.15, -0.1) is 0 Å². The first kappa shape index (κ1) is 14.5. The van der Waals surface area contributed by atoms with Crippen LogP contribution in [0, 0.1) is 0 Å². The molecule has 0 unspecified atom stereocenters. The third-order valence-electron chi connectivity index (χ3n) is 3.80. The van der Waals surface area contributed by atoms with Gasteiger partial charge in [-0.25, -0.2) is 18.5 Å².